The van der Waals surface area contributed by atoms with Gasteiger partial charge in [0.2, 0.25) is 5.91 Å². The molecule has 104 valence electrons. The average molecular weight is 261 g/mol. The molecule has 0 spiro atoms. The number of carbonyl (C=O) groups excluding carboxylic acids is 1. The Kier molecular flexibility index (Phi) is 4.46. The van der Waals surface area contributed by atoms with E-state index in [1.165, 1.54) is 5.56 Å². The number of carbonyl (C=O) groups is 1. The molecule has 1 saturated heterocycles. The first-order valence-electron chi connectivity index (χ1n) is 7.08. The predicted molar refractivity (Wildman–Crippen MR) is 76.2 cm³/mol. The van der Waals surface area contributed by atoms with Gasteiger partial charge in [0.1, 0.15) is 11.9 Å². The number of ether oxygens (including phenoxy) is 1. The quantitative estimate of drug-likeness (QED) is 0.837. The first-order valence-corrected chi connectivity index (χ1v) is 7.08. The summed E-state index contributed by atoms with van der Waals surface area (Å²) in [5.41, 5.74) is 1.24. The number of amides is 1. The van der Waals surface area contributed by atoms with Crippen molar-refractivity contribution in [1.29, 1.82) is 0 Å². The number of rotatable bonds is 3. The molecule has 1 amide bonds. The zero-order valence-electron chi connectivity index (χ0n) is 12.1. The van der Waals surface area contributed by atoms with Crippen LogP contribution in [0.5, 0.6) is 5.75 Å². The van der Waals surface area contributed by atoms with Crippen molar-refractivity contribution in [3.63, 3.8) is 0 Å². The SMILES string of the molecule is Cc1ccc(OC2CCN(C(=O)C(C)C)CC2)cc1. The van der Waals surface area contributed by atoms with E-state index in [0.717, 1.165) is 31.7 Å². The molecule has 0 saturated carbocycles. The highest BCUT2D eigenvalue weighted by Gasteiger charge is 2.25. The number of hydrogen-bond acceptors (Lipinski definition) is 2. The number of aryl methyl sites for hydroxylation is 1. The first kappa shape index (κ1) is 13.9. The number of likely N-dealkylation sites (tertiary alicyclic amines) is 1. The van der Waals surface area contributed by atoms with Gasteiger partial charge in [-0.1, -0.05) is 31.5 Å². The van der Waals surface area contributed by atoms with Crippen LogP contribution in [-0.2, 0) is 4.79 Å². The van der Waals surface area contributed by atoms with Crippen molar-refractivity contribution in [2.24, 2.45) is 5.92 Å². The average Bonchev–Trinajstić information content (AvgIpc) is 2.41. The van der Waals surface area contributed by atoms with E-state index in [0.29, 0.717) is 0 Å². The Morgan fingerprint density at radius 1 is 1.21 bits per heavy atom. The Balaban J connectivity index is 1.83. The van der Waals surface area contributed by atoms with Crippen molar-refractivity contribution in [3.8, 4) is 5.75 Å². The highest BCUT2D eigenvalue weighted by atomic mass is 16.5. The van der Waals surface area contributed by atoms with Crippen molar-refractivity contribution in [1.82, 2.24) is 4.90 Å². The molecular formula is C16H23NO2. The van der Waals surface area contributed by atoms with E-state index in [1.807, 2.05) is 30.9 Å². The van der Waals surface area contributed by atoms with Crippen LogP contribution in [0.3, 0.4) is 0 Å². The van der Waals surface area contributed by atoms with Crippen LogP contribution in [0.2, 0.25) is 0 Å². The van der Waals surface area contributed by atoms with Crippen LogP contribution < -0.4 is 4.74 Å². The predicted octanol–water partition coefficient (Wildman–Crippen LogP) is 3.02. The topological polar surface area (TPSA) is 29.5 Å². The Morgan fingerprint density at radius 2 is 1.79 bits per heavy atom. The highest BCUT2D eigenvalue weighted by molar-refractivity contribution is 5.78. The third-order valence-corrected chi connectivity index (χ3v) is 3.57. The molecule has 2 rings (SSSR count). The van der Waals surface area contributed by atoms with Gasteiger partial charge in [0.25, 0.3) is 0 Å². The van der Waals surface area contributed by atoms with Crippen LogP contribution in [0.1, 0.15) is 32.3 Å². The molecule has 19 heavy (non-hydrogen) atoms. The van der Waals surface area contributed by atoms with Crippen molar-refractivity contribution in [2.75, 3.05) is 13.1 Å². The molecule has 0 unspecified atom stereocenters. The van der Waals surface area contributed by atoms with Gasteiger partial charge in [0, 0.05) is 31.8 Å². The summed E-state index contributed by atoms with van der Waals surface area (Å²) in [6.07, 6.45) is 2.08. The molecule has 1 aromatic carbocycles. The van der Waals surface area contributed by atoms with E-state index in [1.54, 1.807) is 0 Å². The summed E-state index contributed by atoms with van der Waals surface area (Å²) < 4.78 is 5.96. The fourth-order valence-electron chi connectivity index (χ4n) is 2.37. The van der Waals surface area contributed by atoms with Crippen LogP contribution >= 0.6 is 0 Å². The molecule has 3 heteroatoms. The lowest BCUT2D eigenvalue weighted by atomic mass is 10.1. The Morgan fingerprint density at radius 3 is 2.32 bits per heavy atom. The second-order valence-electron chi connectivity index (χ2n) is 5.61. The third-order valence-electron chi connectivity index (χ3n) is 3.57. The molecule has 1 aliphatic rings. The van der Waals surface area contributed by atoms with Gasteiger partial charge in [-0.25, -0.2) is 0 Å². The summed E-state index contributed by atoms with van der Waals surface area (Å²) in [5.74, 6) is 1.28. The molecule has 0 aliphatic carbocycles. The maximum Gasteiger partial charge on any atom is 0.225 e. The van der Waals surface area contributed by atoms with Crippen LogP contribution in [0.4, 0.5) is 0 Å². The van der Waals surface area contributed by atoms with Gasteiger partial charge in [-0.15, -0.1) is 0 Å². The minimum atomic E-state index is 0.0922. The van der Waals surface area contributed by atoms with Gasteiger partial charge < -0.3 is 9.64 Å². The maximum atomic E-state index is 11.9. The third kappa shape index (κ3) is 3.72. The van der Waals surface area contributed by atoms with Crippen molar-refractivity contribution in [2.45, 2.75) is 39.7 Å². The van der Waals surface area contributed by atoms with Crippen LogP contribution in [0, 0.1) is 12.8 Å². The lowest BCUT2D eigenvalue weighted by molar-refractivity contribution is -0.136. The number of benzene rings is 1. The molecule has 0 bridgehead atoms. The van der Waals surface area contributed by atoms with E-state index in [4.69, 9.17) is 4.74 Å². The van der Waals surface area contributed by atoms with Gasteiger partial charge >= 0.3 is 0 Å². The molecule has 1 fully saturated rings. The normalized spacial score (nSPS) is 16.7. The largest absolute Gasteiger partial charge is 0.490 e. The number of hydrogen-bond donors (Lipinski definition) is 0. The summed E-state index contributed by atoms with van der Waals surface area (Å²) in [6.45, 7) is 7.61. The van der Waals surface area contributed by atoms with Crippen molar-refractivity contribution >= 4 is 5.91 Å². The standard InChI is InChI=1S/C16H23NO2/c1-12(2)16(18)17-10-8-15(9-11-17)19-14-6-4-13(3)5-7-14/h4-7,12,15H,8-11H2,1-3H3. The molecule has 1 heterocycles. The van der Waals surface area contributed by atoms with Crippen LogP contribution in [0.15, 0.2) is 24.3 Å². The fraction of sp³-hybridized carbons (Fsp3) is 0.562. The summed E-state index contributed by atoms with van der Waals surface area (Å²) in [4.78, 5) is 13.8. The van der Waals surface area contributed by atoms with Crippen LogP contribution in [0.25, 0.3) is 0 Å². The van der Waals surface area contributed by atoms with Gasteiger partial charge in [0.05, 0.1) is 0 Å². The Labute approximate surface area is 115 Å². The molecule has 1 aromatic rings. The fourth-order valence-corrected chi connectivity index (χ4v) is 2.37. The molecule has 0 radical (unpaired) electrons. The van der Waals surface area contributed by atoms with Gasteiger partial charge in [0.15, 0.2) is 0 Å². The summed E-state index contributed by atoms with van der Waals surface area (Å²) in [7, 11) is 0. The Bertz CT molecular complexity index is 417. The van der Waals surface area contributed by atoms with E-state index >= 15 is 0 Å². The lowest BCUT2D eigenvalue weighted by Gasteiger charge is -2.33. The molecule has 0 N–H and O–H groups in total. The van der Waals surface area contributed by atoms with Crippen LogP contribution in [-0.4, -0.2) is 30.0 Å². The van der Waals surface area contributed by atoms with Gasteiger partial charge in [-0.3, -0.25) is 4.79 Å². The number of nitrogens with zero attached hydrogens (tertiary/aromatic N) is 1. The molecule has 0 atom stereocenters. The summed E-state index contributed by atoms with van der Waals surface area (Å²) in [6, 6.07) is 8.15. The Hall–Kier alpha value is -1.51. The first-order chi connectivity index (χ1) is 9.06. The van der Waals surface area contributed by atoms with Crippen molar-refractivity contribution < 1.29 is 9.53 Å². The van der Waals surface area contributed by atoms with E-state index in [-0.39, 0.29) is 17.9 Å². The molecule has 0 aromatic heterocycles. The van der Waals surface area contributed by atoms with Gasteiger partial charge in [-0.05, 0) is 19.1 Å². The zero-order valence-corrected chi connectivity index (χ0v) is 12.1. The van der Waals surface area contributed by atoms with E-state index in [2.05, 4.69) is 19.1 Å². The summed E-state index contributed by atoms with van der Waals surface area (Å²) >= 11 is 0. The zero-order chi connectivity index (χ0) is 13.8. The number of piperidine rings is 1. The maximum absolute atomic E-state index is 11.9. The smallest absolute Gasteiger partial charge is 0.225 e. The highest BCUT2D eigenvalue weighted by Crippen LogP contribution is 2.20. The van der Waals surface area contributed by atoms with E-state index in [9.17, 15) is 4.79 Å². The second kappa shape index (κ2) is 6.09. The van der Waals surface area contributed by atoms with Crippen molar-refractivity contribution in [3.05, 3.63) is 29.8 Å². The minimum Gasteiger partial charge on any atom is -0.490 e. The van der Waals surface area contributed by atoms with Gasteiger partial charge in [-0.2, -0.15) is 0 Å². The second-order valence-corrected chi connectivity index (χ2v) is 5.61. The minimum absolute atomic E-state index is 0.0922. The summed E-state index contributed by atoms with van der Waals surface area (Å²) in [5, 5.41) is 0. The van der Waals surface area contributed by atoms with E-state index < -0.39 is 0 Å². The monoisotopic (exact) mass is 261 g/mol. The lowest BCUT2D eigenvalue weighted by Crippen LogP contribution is -2.43. The molecule has 3 nitrogen and oxygen atoms in total. The molecule has 1 aliphatic heterocycles. The molecular weight excluding hydrogens is 238 g/mol.